The van der Waals surface area contributed by atoms with Crippen molar-refractivity contribution >= 4 is 76.8 Å². The van der Waals surface area contributed by atoms with Crippen LogP contribution in [-0.2, 0) is 76.8 Å². The second-order valence-electron chi connectivity index (χ2n) is 24.4. The highest BCUT2D eigenvalue weighted by atomic mass is 16.3. The monoisotopic (exact) mass is 1310 g/mol. The summed E-state index contributed by atoms with van der Waals surface area (Å²) in [4.78, 5) is 179. The highest BCUT2D eigenvalue weighted by Gasteiger charge is 2.42. The number of aromatic hydroxyl groups is 1. The second kappa shape index (κ2) is 37.7. The maximum atomic E-state index is 15.1. The molecule has 3 aromatic rings. The third kappa shape index (κ3) is 24.4. The van der Waals surface area contributed by atoms with Crippen molar-refractivity contribution in [1.82, 2.24) is 58.1 Å². The number of fused-ring (bicyclic) bond motifs is 1. The van der Waals surface area contributed by atoms with Crippen LogP contribution in [0.3, 0.4) is 0 Å². The number of carbonyl (C=O) groups is 12. The number of amides is 12. The van der Waals surface area contributed by atoms with Crippen LogP contribution in [-0.4, -0.2) is 173 Å². The molecule has 0 aromatic heterocycles. The molecule has 3 aromatic carbocycles. The van der Waals surface area contributed by atoms with E-state index in [2.05, 4.69) is 58.2 Å². The van der Waals surface area contributed by atoms with Gasteiger partial charge in [0.05, 0.1) is 12.8 Å². The third-order valence-corrected chi connectivity index (χ3v) is 15.8. The Hall–Kier alpha value is -9.67. The molecule has 0 bridgehead atoms. The third-order valence-electron chi connectivity index (χ3n) is 15.8. The van der Waals surface area contributed by atoms with Crippen LogP contribution in [0.15, 0.2) is 89.9 Å². The Bertz CT molecular complexity index is 3110. The minimum atomic E-state index is -1.74. The molecular formula is C65H94N16O13. The highest BCUT2D eigenvalue weighted by Crippen LogP contribution is 2.22. The van der Waals surface area contributed by atoms with E-state index in [0.29, 0.717) is 29.5 Å². The van der Waals surface area contributed by atoms with E-state index in [1.165, 1.54) is 29.2 Å². The van der Waals surface area contributed by atoms with Crippen molar-refractivity contribution in [3.63, 3.8) is 0 Å². The minimum Gasteiger partial charge on any atom is -0.508 e. The maximum absolute atomic E-state index is 15.1. The van der Waals surface area contributed by atoms with Crippen molar-refractivity contribution in [1.29, 1.82) is 0 Å². The lowest BCUT2D eigenvalue weighted by Crippen LogP contribution is -2.62. The molecule has 12 amide bonds. The van der Waals surface area contributed by atoms with Crippen LogP contribution >= 0.6 is 0 Å². The molecule has 2 fully saturated rings. The molecule has 0 unspecified atom stereocenters. The number of guanidine groups is 1. The molecule has 512 valence electrons. The Labute approximate surface area is 547 Å². The van der Waals surface area contributed by atoms with Crippen LogP contribution in [0.25, 0.3) is 0 Å². The van der Waals surface area contributed by atoms with Gasteiger partial charge >= 0.3 is 0 Å². The first kappa shape index (κ1) is 75.1. The second-order valence-corrected chi connectivity index (χ2v) is 24.4. The Morgan fingerprint density at radius 1 is 0.553 bits per heavy atom. The number of hydrogen-bond donors (Lipinski definition) is 15. The zero-order valence-electron chi connectivity index (χ0n) is 54.1. The van der Waals surface area contributed by atoms with E-state index in [-0.39, 0.29) is 102 Å². The van der Waals surface area contributed by atoms with Crippen molar-refractivity contribution < 1.29 is 62.6 Å². The van der Waals surface area contributed by atoms with E-state index < -0.39 is 150 Å². The van der Waals surface area contributed by atoms with Gasteiger partial charge in [0.2, 0.25) is 70.9 Å². The Morgan fingerprint density at radius 2 is 1.00 bits per heavy atom. The first-order valence-electron chi connectivity index (χ1n) is 32.0. The number of primary amides is 1. The van der Waals surface area contributed by atoms with Gasteiger partial charge in [0.25, 0.3) is 0 Å². The first-order valence-corrected chi connectivity index (χ1v) is 32.0. The summed E-state index contributed by atoms with van der Waals surface area (Å²) < 4.78 is 0. The maximum Gasteiger partial charge on any atom is 0.246 e. The largest absolute Gasteiger partial charge is 0.508 e. The fraction of sp³-hybridized carbons (Fsp3) is 0.523. The van der Waals surface area contributed by atoms with Gasteiger partial charge in [0.15, 0.2) is 5.96 Å². The van der Waals surface area contributed by atoms with Crippen molar-refractivity contribution in [3.8, 4) is 5.75 Å². The summed E-state index contributed by atoms with van der Waals surface area (Å²) in [5, 5.41) is 36.9. The number of rotatable bonds is 22. The van der Waals surface area contributed by atoms with Gasteiger partial charge in [0.1, 0.15) is 66.2 Å². The molecule has 2 aliphatic rings. The van der Waals surface area contributed by atoms with E-state index in [1.807, 2.05) is 0 Å². The molecule has 5 rings (SSSR count). The average Bonchev–Trinajstić information content (AvgIpc) is 1.57. The SMILES string of the molecule is CCCNC(=O)C[C@@H]1NC(=O)[C@@H](CCCN=C(N)N)NC(=O)[C@@H](Cc2ccccc2)NC(=O)[C@@H]2CCCN2C(=O)[C@@H](Cc2ccccc2)NC(=O)[C@@H](CC(N)=O)NC(=O)[C@H](CCCN)NC(=O)[C@H](C(C)C)NC(=O)[C@H](Cc2ccc(O)cc2)NC(=O)[C@@H](CC(C)C)NC1=O. The lowest BCUT2D eigenvalue weighted by Gasteiger charge is -2.31. The summed E-state index contributed by atoms with van der Waals surface area (Å²) >= 11 is 0. The number of nitrogens with one attached hydrogen (secondary N) is 10. The van der Waals surface area contributed by atoms with E-state index in [1.54, 1.807) is 95.3 Å². The van der Waals surface area contributed by atoms with E-state index in [9.17, 15) is 57.8 Å². The summed E-state index contributed by atoms with van der Waals surface area (Å²) in [7, 11) is 0. The number of benzene rings is 3. The van der Waals surface area contributed by atoms with Gasteiger partial charge in [0, 0.05) is 38.9 Å². The van der Waals surface area contributed by atoms with Gasteiger partial charge in [-0.15, -0.1) is 0 Å². The Morgan fingerprint density at radius 3 is 1.53 bits per heavy atom. The molecular weight excluding hydrogens is 1210 g/mol. The number of nitrogens with two attached hydrogens (primary N) is 4. The number of phenolic OH excluding ortho intramolecular Hbond substituents is 1. The zero-order valence-corrected chi connectivity index (χ0v) is 54.1. The predicted molar refractivity (Wildman–Crippen MR) is 348 cm³/mol. The fourth-order valence-corrected chi connectivity index (χ4v) is 10.8. The summed E-state index contributed by atoms with van der Waals surface area (Å²) in [6.07, 6.45) is -1.18. The number of aliphatic imine (C=N–C) groups is 1. The minimum absolute atomic E-state index is 0.0145. The van der Waals surface area contributed by atoms with Crippen molar-refractivity contribution in [2.24, 2.45) is 39.8 Å². The average molecular weight is 1310 g/mol. The standard InChI is InChI=1S/C65H94N16O13/c1-6-28-70-53(84)36-49-60(90)74-45(31-37(2)3)57(87)75-47(33-41-23-25-42(82)26-24-41)61(91)80-54(38(4)5)63(93)73-43(20-13-27-66)55(85)76-48(35-52(67)83)59(89)79-50(34-40-18-11-8-12-19-40)64(94)81-30-15-22-51(81)62(92)78-46(32-39-16-9-7-10-17-39)58(88)72-44(56(86)77-49)21-14-29-71-65(68)69/h7-12,16-19,23-26,37-38,43-51,54,82H,6,13-15,20-22,27-36,66H2,1-5H3,(H2,67,83)(H,70,84)(H,72,88)(H,73,93)(H,74,90)(H,75,87)(H,76,85)(H,77,86)(H,78,92)(H,79,89)(H,80,91)(H4,68,69,71)/t43-,44+,45+,46+,47-,48+,49-,50+,51-,54-/m0/s1. The lowest BCUT2D eigenvalue weighted by atomic mass is 9.98. The molecule has 0 saturated carbocycles. The molecule has 0 aliphatic carbocycles. The van der Waals surface area contributed by atoms with Crippen molar-refractivity contribution in [2.75, 3.05) is 26.2 Å². The molecule has 19 N–H and O–H groups in total. The summed E-state index contributed by atoms with van der Waals surface area (Å²) in [5.41, 5.74) is 24.4. The Kier molecular flexibility index (Phi) is 30.1. The fourth-order valence-electron chi connectivity index (χ4n) is 10.8. The van der Waals surface area contributed by atoms with Crippen LogP contribution in [0.5, 0.6) is 5.75 Å². The molecule has 94 heavy (non-hydrogen) atoms. The van der Waals surface area contributed by atoms with Crippen LogP contribution in [0.2, 0.25) is 0 Å². The van der Waals surface area contributed by atoms with Crippen molar-refractivity contribution in [2.45, 2.75) is 179 Å². The number of phenols is 1. The smallest absolute Gasteiger partial charge is 0.246 e. The quantitative estimate of drug-likeness (QED) is 0.0296. The molecule has 29 nitrogen and oxygen atoms in total. The van der Waals surface area contributed by atoms with E-state index in [4.69, 9.17) is 22.9 Å². The van der Waals surface area contributed by atoms with Crippen LogP contribution in [0.1, 0.15) is 116 Å². The summed E-state index contributed by atoms with van der Waals surface area (Å²) in [6.45, 7) is 8.76. The van der Waals surface area contributed by atoms with Gasteiger partial charge in [-0.1, -0.05) is 107 Å². The molecule has 2 aliphatic heterocycles. The number of hydrogen-bond acceptors (Lipinski definition) is 15. The van der Waals surface area contributed by atoms with Gasteiger partial charge < -0.3 is 86.1 Å². The highest BCUT2D eigenvalue weighted by molar-refractivity contribution is 6.01. The van der Waals surface area contributed by atoms with Crippen LogP contribution in [0.4, 0.5) is 0 Å². The molecule has 0 radical (unpaired) electrons. The van der Waals surface area contributed by atoms with E-state index in [0.717, 1.165) is 0 Å². The van der Waals surface area contributed by atoms with Gasteiger partial charge in [-0.05, 0) is 98.6 Å². The molecule has 29 heteroatoms. The molecule has 2 saturated heterocycles. The van der Waals surface area contributed by atoms with E-state index >= 15 is 4.79 Å². The Balaban J connectivity index is 1.67. The van der Waals surface area contributed by atoms with Crippen molar-refractivity contribution in [3.05, 3.63) is 102 Å². The number of carbonyl (C=O) groups excluding carboxylic acids is 12. The van der Waals surface area contributed by atoms with Crippen LogP contribution < -0.4 is 76.1 Å². The zero-order chi connectivity index (χ0) is 69.0. The normalized spacial score (nSPS) is 23.6. The molecule has 0 spiro atoms. The summed E-state index contributed by atoms with van der Waals surface area (Å²) in [5.74, 6) is -12.1. The molecule has 10 atom stereocenters. The van der Waals surface area contributed by atoms with Gasteiger partial charge in [-0.2, -0.15) is 0 Å². The van der Waals surface area contributed by atoms with Gasteiger partial charge in [-0.3, -0.25) is 62.5 Å². The lowest BCUT2D eigenvalue weighted by molar-refractivity contribution is -0.142. The predicted octanol–water partition coefficient (Wildman–Crippen LogP) is -1.93. The summed E-state index contributed by atoms with van der Waals surface area (Å²) in [6, 6.07) is 7.92. The van der Waals surface area contributed by atoms with Gasteiger partial charge in [-0.25, -0.2) is 0 Å². The molecule has 2 heterocycles. The number of nitrogens with zero attached hydrogens (tertiary/aromatic N) is 2. The van der Waals surface area contributed by atoms with Crippen LogP contribution in [0, 0.1) is 11.8 Å². The topological polar surface area (TPSA) is 465 Å². The first-order chi connectivity index (χ1) is 44.8.